The summed E-state index contributed by atoms with van der Waals surface area (Å²) in [5.74, 6) is 0.446. The van der Waals surface area contributed by atoms with E-state index in [9.17, 15) is 9.59 Å². The van der Waals surface area contributed by atoms with Gasteiger partial charge in [-0.1, -0.05) is 0 Å². The van der Waals surface area contributed by atoms with Crippen LogP contribution in [0.3, 0.4) is 0 Å². The number of hydrogen-bond donors (Lipinski definition) is 0. The number of aromatic nitrogens is 1. The Morgan fingerprint density at radius 2 is 1.67 bits per heavy atom. The van der Waals surface area contributed by atoms with E-state index in [4.69, 9.17) is 4.74 Å². The Bertz CT molecular complexity index is 662. The van der Waals surface area contributed by atoms with E-state index >= 15 is 0 Å². The minimum Gasteiger partial charge on any atom is -0.497 e. The third-order valence-corrected chi connectivity index (χ3v) is 3.44. The Hall–Kier alpha value is -2.69. The zero-order valence-electron chi connectivity index (χ0n) is 11.6. The van der Waals surface area contributed by atoms with Gasteiger partial charge in [0.15, 0.2) is 0 Å². The first kappa shape index (κ1) is 13.3. The van der Waals surface area contributed by atoms with Crippen molar-refractivity contribution < 1.29 is 14.3 Å². The number of ether oxygens (including phenoxy) is 1. The van der Waals surface area contributed by atoms with E-state index in [1.807, 2.05) is 24.3 Å². The van der Waals surface area contributed by atoms with Gasteiger partial charge in [-0.2, -0.15) is 0 Å². The van der Waals surface area contributed by atoms with Crippen LogP contribution < -0.4 is 9.64 Å². The monoisotopic (exact) mass is 282 g/mol. The fourth-order valence-corrected chi connectivity index (χ4v) is 2.32. The normalized spacial score (nSPS) is 14.6. The number of amides is 2. The van der Waals surface area contributed by atoms with E-state index in [2.05, 4.69) is 4.98 Å². The third-order valence-electron chi connectivity index (χ3n) is 3.44. The van der Waals surface area contributed by atoms with Crippen molar-refractivity contribution in [2.24, 2.45) is 0 Å². The first-order valence-corrected chi connectivity index (χ1v) is 6.65. The SMILES string of the molecule is COc1ccc(-c2ccc(N3C(=O)CCC3=O)cn2)cc1. The molecule has 2 amide bonds. The van der Waals surface area contributed by atoms with Crippen molar-refractivity contribution in [3.63, 3.8) is 0 Å². The highest BCUT2D eigenvalue weighted by Gasteiger charge is 2.30. The van der Waals surface area contributed by atoms with Crippen LogP contribution in [0.4, 0.5) is 5.69 Å². The molecule has 0 radical (unpaired) electrons. The molecule has 0 N–H and O–H groups in total. The molecule has 2 heterocycles. The summed E-state index contributed by atoms with van der Waals surface area (Å²) < 4.78 is 5.11. The van der Waals surface area contributed by atoms with Crippen molar-refractivity contribution in [2.75, 3.05) is 12.0 Å². The maximum absolute atomic E-state index is 11.7. The molecule has 1 aliphatic heterocycles. The van der Waals surface area contributed by atoms with Crippen LogP contribution in [0, 0.1) is 0 Å². The molecule has 3 rings (SSSR count). The average molecular weight is 282 g/mol. The van der Waals surface area contributed by atoms with Gasteiger partial charge < -0.3 is 4.74 Å². The molecule has 106 valence electrons. The lowest BCUT2D eigenvalue weighted by Crippen LogP contribution is -2.28. The van der Waals surface area contributed by atoms with Crippen molar-refractivity contribution in [2.45, 2.75) is 12.8 Å². The molecule has 0 bridgehead atoms. The molecule has 5 heteroatoms. The molecule has 21 heavy (non-hydrogen) atoms. The molecular weight excluding hydrogens is 268 g/mol. The van der Waals surface area contributed by atoms with Gasteiger partial charge in [-0.15, -0.1) is 0 Å². The molecule has 1 fully saturated rings. The number of imide groups is 1. The lowest BCUT2D eigenvalue weighted by Gasteiger charge is -2.13. The van der Waals surface area contributed by atoms with Crippen LogP contribution in [0.5, 0.6) is 5.75 Å². The summed E-state index contributed by atoms with van der Waals surface area (Å²) >= 11 is 0. The van der Waals surface area contributed by atoms with Crippen molar-refractivity contribution >= 4 is 17.5 Å². The molecule has 0 atom stereocenters. The molecule has 1 aromatic heterocycles. The number of benzene rings is 1. The summed E-state index contributed by atoms with van der Waals surface area (Å²) in [6.07, 6.45) is 2.11. The van der Waals surface area contributed by atoms with Crippen LogP contribution in [0.25, 0.3) is 11.3 Å². The Kier molecular flexibility index (Phi) is 3.39. The first-order chi connectivity index (χ1) is 10.2. The van der Waals surface area contributed by atoms with E-state index in [0.717, 1.165) is 17.0 Å². The van der Waals surface area contributed by atoms with Crippen LogP contribution in [0.2, 0.25) is 0 Å². The zero-order chi connectivity index (χ0) is 14.8. The first-order valence-electron chi connectivity index (χ1n) is 6.65. The largest absolute Gasteiger partial charge is 0.497 e. The van der Waals surface area contributed by atoms with Crippen LogP contribution in [-0.2, 0) is 9.59 Å². The number of hydrogen-bond acceptors (Lipinski definition) is 4. The van der Waals surface area contributed by atoms with Gasteiger partial charge >= 0.3 is 0 Å². The topological polar surface area (TPSA) is 59.5 Å². The minimum absolute atomic E-state index is 0.168. The number of carbonyl (C=O) groups excluding carboxylic acids is 2. The number of nitrogens with zero attached hydrogens (tertiary/aromatic N) is 2. The maximum atomic E-state index is 11.7. The quantitative estimate of drug-likeness (QED) is 0.811. The molecule has 0 spiro atoms. The minimum atomic E-state index is -0.168. The van der Waals surface area contributed by atoms with Gasteiger partial charge in [0, 0.05) is 18.4 Å². The highest BCUT2D eigenvalue weighted by atomic mass is 16.5. The zero-order valence-corrected chi connectivity index (χ0v) is 11.6. The summed E-state index contributed by atoms with van der Waals surface area (Å²) in [6, 6.07) is 11.1. The second kappa shape index (κ2) is 5.36. The number of pyridine rings is 1. The van der Waals surface area contributed by atoms with Crippen molar-refractivity contribution in [1.29, 1.82) is 0 Å². The number of rotatable bonds is 3. The van der Waals surface area contributed by atoms with Gasteiger partial charge in [-0.25, -0.2) is 4.90 Å². The molecule has 1 aliphatic rings. The van der Waals surface area contributed by atoms with Crippen LogP contribution >= 0.6 is 0 Å². The van der Waals surface area contributed by atoms with Crippen LogP contribution in [0.15, 0.2) is 42.6 Å². The van der Waals surface area contributed by atoms with Gasteiger partial charge in [0.1, 0.15) is 5.75 Å². The van der Waals surface area contributed by atoms with Crippen molar-refractivity contribution in [3.05, 3.63) is 42.6 Å². The molecule has 1 aromatic carbocycles. The van der Waals surface area contributed by atoms with E-state index in [1.165, 1.54) is 4.90 Å². The highest BCUT2D eigenvalue weighted by Crippen LogP contribution is 2.25. The van der Waals surface area contributed by atoms with Crippen molar-refractivity contribution in [3.8, 4) is 17.0 Å². The second-order valence-corrected chi connectivity index (χ2v) is 4.75. The van der Waals surface area contributed by atoms with E-state index in [1.54, 1.807) is 25.4 Å². The molecule has 0 aliphatic carbocycles. The van der Waals surface area contributed by atoms with E-state index in [-0.39, 0.29) is 24.7 Å². The molecule has 1 saturated heterocycles. The molecule has 0 saturated carbocycles. The molecule has 2 aromatic rings. The smallest absolute Gasteiger partial charge is 0.234 e. The van der Waals surface area contributed by atoms with Crippen LogP contribution in [0.1, 0.15) is 12.8 Å². The van der Waals surface area contributed by atoms with Gasteiger partial charge in [0.2, 0.25) is 11.8 Å². The molecule has 5 nitrogen and oxygen atoms in total. The average Bonchev–Trinajstić information content (AvgIpc) is 2.87. The number of carbonyl (C=O) groups is 2. The molecular formula is C16H14N2O3. The number of anilines is 1. The lowest BCUT2D eigenvalue weighted by atomic mass is 10.1. The second-order valence-electron chi connectivity index (χ2n) is 4.75. The summed E-state index contributed by atoms with van der Waals surface area (Å²) in [4.78, 5) is 28.9. The predicted octanol–water partition coefficient (Wildman–Crippen LogP) is 2.41. The van der Waals surface area contributed by atoms with Gasteiger partial charge in [-0.3, -0.25) is 14.6 Å². The van der Waals surface area contributed by atoms with E-state index in [0.29, 0.717) is 5.69 Å². The van der Waals surface area contributed by atoms with Gasteiger partial charge in [0.05, 0.1) is 24.7 Å². The lowest BCUT2D eigenvalue weighted by molar-refractivity contribution is -0.121. The Morgan fingerprint density at radius 1 is 1.00 bits per heavy atom. The maximum Gasteiger partial charge on any atom is 0.234 e. The predicted molar refractivity (Wildman–Crippen MR) is 78.0 cm³/mol. The Balaban J connectivity index is 1.86. The number of methoxy groups -OCH3 is 1. The van der Waals surface area contributed by atoms with Gasteiger partial charge in [0.25, 0.3) is 0 Å². The van der Waals surface area contributed by atoms with Gasteiger partial charge in [-0.05, 0) is 36.4 Å². The Morgan fingerprint density at radius 3 is 2.19 bits per heavy atom. The van der Waals surface area contributed by atoms with Crippen LogP contribution in [-0.4, -0.2) is 23.9 Å². The summed E-state index contributed by atoms with van der Waals surface area (Å²) in [7, 11) is 1.62. The fraction of sp³-hybridized carbons (Fsp3) is 0.188. The summed E-state index contributed by atoms with van der Waals surface area (Å²) in [5, 5.41) is 0. The summed E-state index contributed by atoms with van der Waals surface area (Å²) in [6.45, 7) is 0. The van der Waals surface area contributed by atoms with Crippen molar-refractivity contribution in [1.82, 2.24) is 4.98 Å². The fourth-order valence-electron chi connectivity index (χ4n) is 2.32. The third kappa shape index (κ3) is 2.50. The standard InChI is InChI=1S/C16H14N2O3/c1-21-13-5-2-11(3-6-13)14-7-4-12(10-17-14)18-15(19)8-9-16(18)20/h2-7,10H,8-9H2,1H3. The summed E-state index contributed by atoms with van der Waals surface area (Å²) in [5.41, 5.74) is 2.25. The molecule has 0 unspecified atom stereocenters. The highest BCUT2D eigenvalue weighted by molar-refractivity contribution is 6.19. The van der Waals surface area contributed by atoms with E-state index < -0.39 is 0 Å². The Labute approximate surface area is 122 Å².